The van der Waals surface area contributed by atoms with Crippen molar-refractivity contribution in [1.29, 1.82) is 0 Å². The van der Waals surface area contributed by atoms with Crippen molar-refractivity contribution >= 4 is 52.0 Å². The Kier molecular flexibility index (Phi) is 3.30. The summed E-state index contributed by atoms with van der Waals surface area (Å²) in [6, 6.07) is 5.29. The first kappa shape index (κ1) is 11.3. The third-order valence-electron chi connectivity index (χ3n) is 1.99. The molecule has 80 valence electrons. The number of aryl methyl sites for hydroxylation is 1. The number of phenolic OH excluding ortho intramolecular Hbond substituents is 1. The minimum Gasteiger partial charge on any atom is -0.508 e. The molecule has 6 heteroatoms. The molecule has 2 rings (SSSR count). The number of aromatic hydroxyl groups is 1. The Labute approximate surface area is 103 Å². The van der Waals surface area contributed by atoms with Crippen molar-refractivity contribution in [2.75, 3.05) is 0 Å². The van der Waals surface area contributed by atoms with Gasteiger partial charge in [0.05, 0.1) is 15.8 Å². The van der Waals surface area contributed by atoms with E-state index in [1.54, 1.807) is 12.1 Å². The molecular weight excluding hydrogens is 273 g/mol. The summed E-state index contributed by atoms with van der Waals surface area (Å²) in [7, 11) is 6.84. The van der Waals surface area contributed by atoms with E-state index in [-0.39, 0.29) is 5.75 Å². The van der Waals surface area contributed by atoms with Gasteiger partial charge in [-0.25, -0.2) is 0 Å². The second-order valence-electron chi connectivity index (χ2n) is 3.01. The molecule has 0 saturated heterocycles. The molecule has 1 heterocycles. The highest BCUT2D eigenvalue weighted by Crippen LogP contribution is 2.45. The molecule has 0 fully saturated rings. The van der Waals surface area contributed by atoms with Gasteiger partial charge in [0.2, 0.25) is 0 Å². The van der Waals surface area contributed by atoms with Gasteiger partial charge in [0.1, 0.15) is 5.75 Å². The van der Waals surface area contributed by atoms with E-state index >= 15 is 0 Å². The lowest BCUT2D eigenvalue weighted by Gasteiger charge is -2.05. The van der Waals surface area contributed by atoms with Crippen LogP contribution >= 0.6 is 42.0 Å². The van der Waals surface area contributed by atoms with E-state index in [0.29, 0.717) is 5.17 Å². The van der Waals surface area contributed by atoms with Crippen molar-refractivity contribution in [1.82, 2.24) is 0 Å². The van der Waals surface area contributed by atoms with Crippen molar-refractivity contribution in [3.8, 4) is 5.75 Å². The zero-order valence-corrected chi connectivity index (χ0v) is 10.8. The van der Waals surface area contributed by atoms with Crippen LogP contribution in [0.2, 0.25) is 0 Å². The van der Waals surface area contributed by atoms with Gasteiger partial charge in [-0.1, -0.05) is 17.7 Å². The van der Waals surface area contributed by atoms with Gasteiger partial charge in [0.25, 0.3) is 0 Å². The van der Waals surface area contributed by atoms with Crippen molar-refractivity contribution < 1.29 is 5.11 Å². The Morgan fingerprint density at radius 3 is 2.73 bits per heavy atom. The van der Waals surface area contributed by atoms with Crippen LogP contribution in [0.5, 0.6) is 5.75 Å². The predicted octanol–water partition coefficient (Wildman–Crippen LogP) is 3.86. The van der Waals surface area contributed by atoms with E-state index in [1.165, 1.54) is 11.0 Å². The number of hydrogen-bond donors (Lipinski definition) is 1. The highest BCUT2D eigenvalue weighted by Gasteiger charge is 2.19. The molecule has 2 nitrogen and oxygen atoms in total. The molecule has 0 aromatic heterocycles. The average molecular weight is 280 g/mol. The van der Waals surface area contributed by atoms with E-state index in [0.717, 1.165) is 16.0 Å². The average Bonchev–Trinajstić information content (AvgIpc) is 2.52. The molecule has 0 amide bonds. The van der Waals surface area contributed by atoms with E-state index < -0.39 is 8.73 Å². The lowest BCUT2D eigenvalue weighted by Crippen LogP contribution is -2.05. The summed E-state index contributed by atoms with van der Waals surface area (Å²) in [5.74, 6) is 0.271. The fourth-order valence-corrected chi connectivity index (χ4v) is 4.80. The quantitative estimate of drug-likeness (QED) is 0.481. The summed E-state index contributed by atoms with van der Waals surface area (Å²) < 4.78 is 4.01. The second-order valence-corrected chi connectivity index (χ2v) is 7.48. The van der Waals surface area contributed by atoms with Crippen LogP contribution in [0.1, 0.15) is 11.1 Å². The Bertz CT molecular complexity index is 485. The van der Waals surface area contributed by atoms with Crippen LogP contribution in [-0.2, 0) is 0 Å². The zero-order valence-electron chi connectivity index (χ0n) is 7.70. The van der Waals surface area contributed by atoms with Crippen LogP contribution in [0.3, 0.4) is 0 Å². The van der Waals surface area contributed by atoms with Crippen molar-refractivity contribution in [2.45, 2.75) is 6.92 Å². The van der Waals surface area contributed by atoms with Gasteiger partial charge >= 0.3 is 0 Å². The number of nitrogens with zero attached hydrogens (tertiary/aromatic N) is 1. The lowest BCUT2D eigenvalue weighted by molar-refractivity contribution is 0.471. The first-order valence-corrected chi connectivity index (χ1v) is 7.80. The van der Waals surface area contributed by atoms with Crippen LogP contribution in [0.25, 0.3) is 0 Å². The third kappa shape index (κ3) is 2.18. The fraction of sp³-hybridized carbons (Fsp3) is 0.111. The molecule has 1 unspecified atom stereocenters. The standard InChI is InChI=1S/C9H7Cl2NOS2/c1-5-4-6(2-3-7(5)13)8-9(10)12-14-15(8)11/h2-4,13H,1H3. The molecule has 0 bridgehead atoms. The normalized spacial score (nSPS) is 20.6. The van der Waals surface area contributed by atoms with Crippen LogP contribution in [0.15, 0.2) is 22.6 Å². The van der Waals surface area contributed by atoms with Crippen molar-refractivity contribution in [3.63, 3.8) is 0 Å². The van der Waals surface area contributed by atoms with Crippen molar-refractivity contribution in [3.05, 3.63) is 29.3 Å². The van der Waals surface area contributed by atoms with Crippen molar-refractivity contribution in [2.24, 2.45) is 4.40 Å². The van der Waals surface area contributed by atoms with Gasteiger partial charge in [-0.3, -0.25) is 0 Å². The first-order valence-electron chi connectivity index (χ1n) is 4.08. The number of hydrogen-bond acceptors (Lipinski definition) is 3. The molecule has 1 aromatic carbocycles. The first-order chi connectivity index (χ1) is 7.09. The Morgan fingerprint density at radius 1 is 1.47 bits per heavy atom. The molecule has 0 spiro atoms. The molecule has 1 atom stereocenters. The molecule has 1 aromatic rings. The maximum atomic E-state index is 9.41. The van der Waals surface area contributed by atoms with Gasteiger partial charge < -0.3 is 5.11 Å². The Hall–Kier alpha value is -0.160. The number of rotatable bonds is 1. The fourth-order valence-electron chi connectivity index (χ4n) is 1.22. The molecule has 1 N–H and O–H groups in total. The SMILES string of the molecule is Cc1cc(C2=S(Cl)SN=C2Cl)ccc1O. The predicted molar refractivity (Wildman–Crippen MR) is 71.3 cm³/mol. The van der Waals surface area contributed by atoms with Crippen LogP contribution in [0, 0.1) is 6.92 Å². The van der Waals surface area contributed by atoms with Crippen LogP contribution in [-0.4, -0.2) is 15.1 Å². The van der Waals surface area contributed by atoms with Gasteiger partial charge in [-0.05, 0) is 49.6 Å². The van der Waals surface area contributed by atoms with E-state index in [1.807, 2.05) is 13.0 Å². The molecule has 1 aliphatic heterocycles. The van der Waals surface area contributed by atoms with Crippen LogP contribution < -0.4 is 0 Å². The molecule has 1 aliphatic rings. The molecule has 0 aliphatic carbocycles. The minimum atomic E-state index is -0.518. The number of benzene rings is 1. The molecule has 0 saturated carbocycles. The highest BCUT2D eigenvalue weighted by atomic mass is 35.7. The smallest absolute Gasteiger partial charge is 0.153 e. The van der Waals surface area contributed by atoms with Gasteiger partial charge in [-0.2, -0.15) is 4.40 Å². The largest absolute Gasteiger partial charge is 0.508 e. The van der Waals surface area contributed by atoms with Gasteiger partial charge in [0, 0.05) is 0 Å². The van der Waals surface area contributed by atoms with E-state index in [4.69, 9.17) is 22.3 Å². The zero-order chi connectivity index (χ0) is 11.0. The summed E-state index contributed by atoms with van der Waals surface area (Å²) in [6.45, 7) is 1.83. The Balaban J connectivity index is 2.51. The highest BCUT2D eigenvalue weighted by molar-refractivity contribution is 8.93. The number of halogens is 2. The maximum Gasteiger partial charge on any atom is 0.153 e. The summed E-state index contributed by atoms with van der Waals surface area (Å²) in [5.41, 5.74) is 1.72. The molecule has 0 radical (unpaired) electrons. The maximum absolute atomic E-state index is 9.41. The second kappa shape index (κ2) is 4.37. The topological polar surface area (TPSA) is 32.6 Å². The molecular formula is C9H7Cl2NOS2. The van der Waals surface area contributed by atoms with E-state index in [2.05, 4.69) is 4.40 Å². The minimum absolute atomic E-state index is 0.271. The third-order valence-corrected chi connectivity index (χ3v) is 5.70. The van der Waals surface area contributed by atoms with E-state index in [9.17, 15) is 5.11 Å². The van der Waals surface area contributed by atoms with Crippen LogP contribution in [0.4, 0.5) is 0 Å². The summed E-state index contributed by atoms with van der Waals surface area (Å²) >= 11 is 5.95. The van der Waals surface area contributed by atoms with Gasteiger partial charge in [-0.15, -0.1) is 0 Å². The summed E-state index contributed by atoms with van der Waals surface area (Å²) in [5, 5.41) is 9.86. The number of phenols is 1. The summed E-state index contributed by atoms with van der Waals surface area (Å²) in [4.78, 5) is 0.839. The van der Waals surface area contributed by atoms with Gasteiger partial charge in [0.15, 0.2) is 5.17 Å². The summed E-state index contributed by atoms with van der Waals surface area (Å²) in [6.07, 6.45) is 0. The monoisotopic (exact) mass is 279 g/mol. The molecule has 15 heavy (non-hydrogen) atoms. The Morgan fingerprint density at radius 2 is 2.20 bits per heavy atom. The lowest BCUT2D eigenvalue weighted by atomic mass is 10.1.